The predicted octanol–water partition coefficient (Wildman–Crippen LogP) is -8.78. The molecule has 0 N–H and O–H groups in total. The molecule has 0 aromatic heterocycles. The number of rotatable bonds is 3. The first-order valence-corrected chi connectivity index (χ1v) is 36.4. The van der Waals surface area contributed by atoms with Gasteiger partial charge in [-0.1, -0.05) is 0 Å². The molecule has 0 aliphatic carbocycles. The summed E-state index contributed by atoms with van der Waals surface area (Å²) >= 11 is 0. The van der Waals surface area contributed by atoms with E-state index in [9.17, 15) is 0 Å². The summed E-state index contributed by atoms with van der Waals surface area (Å²) in [7, 11) is 10.6. The van der Waals surface area contributed by atoms with E-state index in [4.69, 9.17) is 0 Å². The van der Waals surface area contributed by atoms with Crippen LogP contribution in [-0.2, 0) is 0 Å². The monoisotopic (exact) mass is 272 g/mol. The predicted molar refractivity (Wildman–Crippen MR) is 79.7 cm³/mol. The molecule has 0 fully saturated rings. The molecule has 0 rings (SSSR count). The van der Waals surface area contributed by atoms with Crippen LogP contribution in [0.25, 0.3) is 0 Å². The van der Waals surface area contributed by atoms with Gasteiger partial charge < -0.3 is 0 Å². The van der Waals surface area contributed by atoms with Crippen LogP contribution in [0.15, 0.2) is 0 Å². The van der Waals surface area contributed by atoms with Gasteiger partial charge in [-0.25, -0.2) is 0 Å². The minimum absolute atomic E-state index is 0.00521. The van der Waals surface area contributed by atoms with Crippen LogP contribution in [0.5, 0.6) is 0 Å². The van der Waals surface area contributed by atoms with Crippen molar-refractivity contribution in [2.75, 3.05) is 0 Å². The van der Waals surface area contributed by atoms with Gasteiger partial charge in [0.1, 0.15) is 0 Å². The van der Waals surface area contributed by atoms with Crippen LogP contribution in [0.2, 0.25) is 0 Å². The molecule has 0 aromatic rings. The maximum atomic E-state index is 1.79. The minimum Gasteiger partial charge on any atom is -0.0119 e. The lowest BCUT2D eigenvalue weighted by Crippen LogP contribution is -2.63. The second-order valence-electron chi connectivity index (χ2n) is 3.65. The quantitative estimate of drug-likeness (QED) is 0.448. The van der Waals surface area contributed by atoms with Crippen molar-refractivity contribution in [1.82, 2.24) is 0 Å². The maximum absolute atomic E-state index is 1.79. The fraction of sp³-hybridized carbons (Fsp3) is 0. The van der Waals surface area contributed by atoms with Crippen molar-refractivity contribution in [2.45, 2.75) is 0 Å². The van der Waals surface area contributed by atoms with Crippen molar-refractivity contribution < 1.29 is 0 Å². The fourth-order valence-electron chi connectivity index (χ4n) is 0.901. The topological polar surface area (TPSA) is 0 Å². The zero-order chi connectivity index (χ0) is 7.49. The van der Waals surface area contributed by atoms with E-state index >= 15 is 0 Å². The molecule has 56 valence electrons. The summed E-state index contributed by atoms with van der Waals surface area (Å²) in [6, 6.07) is 0. The van der Waals surface area contributed by atoms with Crippen LogP contribution in [0, 0.1) is 0 Å². The molecular formula is H20Si9. The van der Waals surface area contributed by atoms with Crippen LogP contribution in [0.3, 0.4) is 0 Å². The summed E-state index contributed by atoms with van der Waals surface area (Å²) < 4.78 is 0. The number of hydrogen-bond acceptors (Lipinski definition) is 0. The van der Waals surface area contributed by atoms with E-state index in [0.717, 1.165) is 17.1 Å². The molecule has 1 unspecified atom stereocenters. The molecule has 0 saturated heterocycles. The zero-order valence-electron chi connectivity index (χ0n) is 7.49. The third-order valence-corrected chi connectivity index (χ3v) is 231. The highest BCUT2D eigenvalue weighted by atomic mass is 30.3. The van der Waals surface area contributed by atoms with Gasteiger partial charge in [-0.3, -0.25) is 0 Å². The molecular weight excluding hydrogens is 253 g/mol. The summed E-state index contributed by atoms with van der Waals surface area (Å²) in [6.07, 6.45) is -0.00521. The van der Waals surface area contributed by atoms with Crippen LogP contribution >= 0.6 is 0 Å². The van der Waals surface area contributed by atoms with Crippen molar-refractivity contribution in [1.29, 1.82) is 0 Å². The third kappa shape index (κ3) is 3.75. The van der Waals surface area contributed by atoms with E-state index in [1.165, 1.54) is 0 Å². The first-order valence-electron chi connectivity index (χ1n) is 4.04. The van der Waals surface area contributed by atoms with Gasteiger partial charge in [0.25, 0.3) is 0 Å². The van der Waals surface area contributed by atoms with Gasteiger partial charge in [0.15, 0.2) is 0 Å². The Morgan fingerprint density at radius 2 is 1.67 bits per heavy atom. The van der Waals surface area contributed by atoms with E-state index in [0.29, 0.717) is 7.35 Å². The molecule has 9 heteroatoms. The maximum Gasteiger partial charge on any atom is -0.00542 e. The first-order chi connectivity index (χ1) is 4.04. The lowest BCUT2D eigenvalue weighted by molar-refractivity contribution is 3.51. The second kappa shape index (κ2) is 4.75. The first kappa shape index (κ1) is 11.0. The molecule has 0 heterocycles. The van der Waals surface area contributed by atoms with Gasteiger partial charge in [-0.2, -0.15) is 0 Å². The van der Waals surface area contributed by atoms with Crippen LogP contribution in [-0.4, -0.2) is 79.4 Å². The molecule has 0 aliphatic rings. The van der Waals surface area contributed by atoms with E-state index in [1.807, 2.05) is 0 Å². The molecule has 0 radical (unpaired) electrons. The highest BCUT2D eigenvalue weighted by Crippen LogP contribution is 1.87. The summed E-state index contributed by atoms with van der Waals surface area (Å²) in [5.41, 5.74) is 0. The van der Waals surface area contributed by atoms with Crippen LogP contribution in [0.4, 0.5) is 0 Å². The smallest absolute Gasteiger partial charge is 0.00542 e. The van der Waals surface area contributed by atoms with Crippen molar-refractivity contribution in [3.63, 3.8) is 0 Å². The Hall–Kier alpha value is 1.95. The normalized spacial score (nSPS) is 25.3. The molecule has 0 spiro atoms. The summed E-state index contributed by atoms with van der Waals surface area (Å²) in [5.74, 6) is 0. The molecule has 0 aliphatic heterocycles. The lowest BCUT2D eigenvalue weighted by Gasteiger charge is -2.25. The molecule has 1 atom stereocenters. The second-order valence-corrected chi connectivity index (χ2v) is 98.6. The van der Waals surface area contributed by atoms with E-state index < -0.39 is 0 Å². The SMILES string of the molecule is [SiH3][SiH2][SiH]([SiH3])[Si]([SiH3])([SiH3])[SiH2][SiH3]. The van der Waals surface area contributed by atoms with Gasteiger partial charge in [0, 0.05) is 0 Å². The standard InChI is InChI=1S/H20Si9/c1-6-8(3)9(4,5)7-2/h8H,6-7H2,1-5H3. The Bertz CT molecular complexity index is 72.1. The highest BCUT2D eigenvalue weighted by molar-refractivity contribution is 8.01. The van der Waals surface area contributed by atoms with Crippen LogP contribution in [0.1, 0.15) is 0 Å². The van der Waals surface area contributed by atoms with Gasteiger partial charge in [-0.05, 0) is 79.4 Å². The summed E-state index contributed by atoms with van der Waals surface area (Å²) in [6.45, 7) is 0. The van der Waals surface area contributed by atoms with Gasteiger partial charge in [-0.15, -0.1) is 0 Å². The molecule has 9 heavy (non-hydrogen) atoms. The van der Waals surface area contributed by atoms with Crippen molar-refractivity contribution in [3.05, 3.63) is 0 Å². The van der Waals surface area contributed by atoms with Gasteiger partial charge >= 0.3 is 0 Å². The Kier molecular flexibility index (Phi) is 5.79. The van der Waals surface area contributed by atoms with Crippen molar-refractivity contribution in [2.24, 2.45) is 0 Å². The van der Waals surface area contributed by atoms with Crippen molar-refractivity contribution >= 4 is 79.4 Å². The molecule has 0 amide bonds. The minimum atomic E-state index is -0.00521. The third-order valence-electron chi connectivity index (χ3n) is 2.86. The highest BCUT2D eigenvalue weighted by Gasteiger charge is 2.24. The van der Waals surface area contributed by atoms with E-state index in [-0.39, 0.29) is 6.14 Å². The lowest BCUT2D eigenvalue weighted by atomic mass is 25.8. The Morgan fingerprint density at radius 1 is 1.22 bits per heavy atom. The molecule has 0 nitrogen and oxygen atoms in total. The van der Waals surface area contributed by atoms with Gasteiger partial charge in [0.2, 0.25) is 0 Å². The van der Waals surface area contributed by atoms with E-state index in [1.54, 1.807) is 48.8 Å². The number of hydrogen-bond donors (Lipinski definition) is 0. The Labute approximate surface area is 79.0 Å². The zero-order valence-corrected chi connectivity index (χ0v) is 22.5. The summed E-state index contributed by atoms with van der Waals surface area (Å²) in [5, 5.41) is 0. The molecule has 0 bridgehead atoms. The molecule has 0 aromatic carbocycles. The van der Waals surface area contributed by atoms with E-state index in [2.05, 4.69) is 0 Å². The Balaban J connectivity index is 3.80. The average molecular weight is 273 g/mol. The van der Waals surface area contributed by atoms with Crippen LogP contribution < -0.4 is 0 Å². The van der Waals surface area contributed by atoms with Gasteiger partial charge in [0.05, 0.1) is 0 Å². The average Bonchev–Trinajstić information content (AvgIpc) is 1.86. The fourth-order valence-corrected chi connectivity index (χ4v) is 219. The largest absolute Gasteiger partial charge is 0.0119 e. The Morgan fingerprint density at radius 3 is 1.78 bits per heavy atom. The summed E-state index contributed by atoms with van der Waals surface area (Å²) in [4.78, 5) is 0. The van der Waals surface area contributed by atoms with Crippen molar-refractivity contribution in [3.8, 4) is 0 Å². The molecule has 0 saturated carbocycles.